The van der Waals surface area contributed by atoms with Gasteiger partial charge in [0.25, 0.3) is 0 Å². The van der Waals surface area contributed by atoms with Gasteiger partial charge < -0.3 is 9.47 Å². The maximum atomic E-state index is 5.52. The zero-order valence-electron chi connectivity index (χ0n) is 7.38. The molecule has 66 valence electrons. The van der Waals surface area contributed by atoms with Gasteiger partial charge in [-0.05, 0) is 18.4 Å². The van der Waals surface area contributed by atoms with Gasteiger partial charge in [-0.15, -0.1) is 0 Å². The fraction of sp³-hybridized carbons (Fsp3) is 0.600. The van der Waals surface area contributed by atoms with Gasteiger partial charge in [-0.1, -0.05) is 13.0 Å². The molecule has 0 radical (unpaired) electrons. The van der Waals surface area contributed by atoms with E-state index in [9.17, 15) is 0 Å². The molecule has 0 aromatic heterocycles. The summed E-state index contributed by atoms with van der Waals surface area (Å²) in [5.41, 5.74) is 1.23. The van der Waals surface area contributed by atoms with Gasteiger partial charge in [-0.2, -0.15) is 0 Å². The lowest BCUT2D eigenvalue weighted by Gasteiger charge is -2.16. The topological polar surface area (TPSA) is 18.5 Å². The van der Waals surface area contributed by atoms with E-state index in [1.807, 2.05) is 0 Å². The summed E-state index contributed by atoms with van der Waals surface area (Å²) in [7, 11) is 0. The molecule has 0 aromatic rings. The molecule has 1 atom stereocenters. The van der Waals surface area contributed by atoms with Gasteiger partial charge in [-0.3, -0.25) is 0 Å². The first kappa shape index (κ1) is 7.87. The molecule has 1 aliphatic carbocycles. The van der Waals surface area contributed by atoms with E-state index in [4.69, 9.17) is 9.47 Å². The molecule has 2 nitrogen and oxygen atoms in total. The van der Waals surface area contributed by atoms with Gasteiger partial charge in [0.1, 0.15) is 12.4 Å². The molecule has 1 fully saturated rings. The minimum Gasteiger partial charge on any atom is -0.491 e. The minimum absolute atomic E-state index is 0.633. The van der Waals surface area contributed by atoms with E-state index in [0.29, 0.717) is 19.1 Å². The minimum atomic E-state index is 0.633. The summed E-state index contributed by atoms with van der Waals surface area (Å²) in [4.78, 5) is 0. The maximum absolute atomic E-state index is 5.52. The van der Waals surface area contributed by atoms with Crippen LogP contribution < -0.4 is 0 Å². The quantitative estimate of drug-likeness (QED) is 0.547. The lowest BCUT2D eigenvalue weighted by molar-refractivity contribution is 0.120. The summed E-state index contributed by atoms with van der Waals surface area (Å²) in [6.45, 7) is 4.34. The van der Waals surface area contributed by atoms with Gasteiger partial charge >= 0.3 is 0 Å². The molecule has 12 heavy (non-hydrogen) atoms. The summed E-state index contributed by atoms with van der Waals surface area (Å²) in [5, 5.41) is 0. The van der Waals surface area contributed by atoms with Gasteiger partial charge in [0, 0.05) is 5.57 Å². The molecule has 0 bridgehead atoms. The van der Waals surface area contributed by atoms with Crippen molar-refractivity contribution in [2.24, 2.45) is 5.92 Å². The zero-order chi connectivity index (χ0) is 8.39. The number of ether oxygens (including phenoxy) is 2. The zero-order valence-corrected chi connectivity index (χ0v) is 7.38. The maximum Gasteiger partial charge on any atom is 0.120 e. The highest BCUT2D eigenvalue weighted by Crippen LogP contribution is 2.25. The Bertz CT molecular complexity index is 228. The van der Waals surface area contributed by atoms with E-state index in [-0.39, 0.29) is 0 Å². The molecule has 0 amide bonds. The number of hydrogen-bond donors (Lipinski definition) is 0. The van der Waals surface area contributed by atoms with Crippen LogP contribution in [-0.2, 0) is 9.47 Å². The Balaban J connectivity index is 2.18. The Morgan fingerprint density at radius 3 is 3.25 bits per heavy atom. The van der Waals surface area contributed by atoms with Crippen LogP contribution in [-0.4, -0.2) is 19.8 Å². The van der Waals surface area contributed by atoms with Crippen molar-refractivity contribution in [1.29, 1.82) is 0 Å². The molecular weight excluding hydrogens is 152 g/mol. The summed E-state index contributed by atoms with van der Waals surface area (Å²) in [5.74, 6) is 1.68. The van der Waals surface area contributed by atoms with Crippen LogP contribution in [0.5, 0.6) is 0 Å². The second-order valence-electron chi connectivity index (χ2n) is 3.37. The van der Waals surface area contributed by atoms with E-state index < -0.39 is 0 Å². The van der Waals surface area contributed by atoms with Gasteiger partial charge in [-0.25, -0.2) is 0 Å². The van der Waals surface area contributed by atoms with Crippen LogP contribution in [0.1, 0.15) is 13.3 Å². The average molecular weight is 166 g/mol. The van der Waals surface area contributed by atoms with Crippen LogP contribution in [0.15, 0.2) is 23.5 Å². The second kappa shape index (κ2) is 3.31. The van der Waals surface area contributed by atoms with Crippen molar-refractivity contribution in [1.82, 2.24) is 0 Å². The predicted octanol–water partition coefficient (Wildman–Crippen LogP) is 1.88. The van der Waals surface area contributed by atoms with E-state index in [0.717, 1.165) is 18.8 Å². The summed E-state index contributed by atoms with van der Waals surface area (Å²) in [6, 6.07) is 0. The normalized spacial score (nSPS) is 29.2. The highest BCUT2D eigenvalue weighted by Gasteiger charge is 2.16. The van der Waals surface area contributed by atoms with Crippen molar-refractivity contribution in [3.05, 3.63) is 23.5 Å². The van der Waals surface area contributed by atoms with E-state index >= 15 is 0 Å². The van der Waals surface area contributed by atoms with Crippen molar-refractivity contribution in [2.75, 3.05) is 19.8 Å². The van der Waals surface area contributed by atoms with Crippen LogP contribution in [0.2, 0.25) is 0 Å². The Hall–Kier alpha value is -0.760. The molecule has 0 aromatic carbocycles. The molecular formula is C10H14O2. The predicted molar refractivity (Wildman–Crippen MR) is 46.7 cm³/mol. The molecule has 1 saturated heterocycles. The van der Waals surface area contributed by atoms with Crippen LogP contribution in [0, 0.1) is 5.92 Å². The average Bonchev–Trinajstić information content (AvgIpc) is 2.28. The third kappa shape index (κ3) is 1.53. The van der Waals surface area contributed by atoms with Crippen LogP contribution in [0.4, 0.5) is 0 Å². The van der Waals surface area contributed by atoms with Crippen molar-refractivity contribution in [3.63, 3.8) is 0 Å². The molecule has 0 N–H and O–H groups in total. The van der Waals surface area contributed by atoms with Crippen molar-refractivity contribution in [2.45, 2.75) is 13.3 Å². The first-order valence-corrected chi connectivity index (χ1v) is 4.48. The largest absolute Gasteiger partial charge is 0.491 e. The molecule has 1 heterocycles. The molecule has 2 aliphatic rings. The van der Waals surface area contributed by atoms with Crippen molar-refractivity contribution in [3.8, 4) is 0 Å². The van der Waals surface area contributed by atoms with Crippen LogP contribution in [0.3, 0.4) is 0 Å². The highest BCUT2D eigenvalue weighted by atomic mass is 16.5. The van der Waals surface area contributed by atoms with Gasteiger partial charge in [0.05, 0.1) is 13.2 Å². The SMILES string of the molecule is CC1C=C2COCCOC2=CC1. The van der Waals surface area contributed by atoms with Gasteiger partial charge in [0.2, 0.25) is 0 Å². The lowest BCUT2D eigenvalue weighted by atomic mass is 9.97. The molecule has 0 saturated carbocycles. The van der Waals surface area contributed by atoms with Crippen LogP contribution >= 0.6 is 0 Å². The van der Waals surface area contributed by atoms with E-state index in [1.54, 1.807) is 0 Å². The monoisotopic (exact) mass is 166 g/mol. The van der Waals surface area contributed by atoms with Crippen LogP contribution in [0.25, 0.3) is 0 Å². The molecule has 2 heteroatoms. The summed E-state index contributed by atoms with van der Waals surface area (Å²) in [6.07, 6.45) is 5.52. The van der Waals surface area contributed by atoms with E-state index in [1.165, 1.54) is 5.57 Å². The lowest BCUT2D eigenvalue weighted by Crippen LogP contribution is -2.05. The fourth-order valence-corrected chi connectivity index (χ4v) is 1.58. The Labute approximate surface area is 72.9 Å². The highest BCUT2D eigenvalue weighted by molar-refractivity contribution is 5.30. The number of allylic oxidation sites excluding steroid dienone is 2. The Kier molecular flexibility index (Phi) is 2.17. The summed E-state index contributed by atoms with van der Waals surface area (Å²) >= 11 is 0. The number of rotatable bonds is 0. The third-order valence-corrected chi connectivity index (χ3v) is 2.22. The van der Waals surface area contributed by atoms with Crippen molar-refractivity contribution < 1.29 is 9.47 Å². The van der Waals surface area contributed by atoms with Gasteiger partial charge in [0.15, 0.2) is 0 Å². The first-order chi connectivity index (χ1) is 5.86. The molecule has 2 rings (SSSR count). The van der Waals surface area contributed by atoms with Crippen molar-refractivity contribution >= 4 is 0 Å². The standard InChI is InChI=1S/C10H14O2/c1-8-2-3-10-9(6-8)7-11-4-5-12-10/h3,6,8H,2,4-5,7H2,1H3. The smallest absolute Gasteiger partial charge is 0.120 e. The fourth-order valence-electron chi connectivity index (χ4n) is 1.58. The molecule has 1 aliphatic heterocycles. The number of fused-ring (bicyclic) bond motifs is 1. The van der Waals surface area contributed by atoms with E-state index in [2.05, 4.69) is 19.1 Å². The summed E-state index contributed by atoms with van der Waals surface area (Å²) < 4.78 is 10.9. The molecule has 0 spiro atoms. The first-order valence-electron chi connectivity index (χ1n) is 4.48. The third-order valence-electron chi connectivity index (χ3n) is 2.22. The Morgan fingerprint density at radius 2 is 2.33 bits per heavy atom. The second-order valence-corrected chi connectivity index (χ2v) is 3.37. The number of hydrogen-bond acceptors (Lipinski definition) is 2. The molecule has 1 unspecified atom stereocenters. The Morgan fingerprint density at radius 1 is 1.42 bits per heavy atom.